The van der Waals surface area contributed by atoms with Gasteiger partial charge in [0.1, 0.15) is 17.5 Å². The van der Waals surface area contributed by atoms with Crippen LogP contribution in [0.25, 0.3) is 0 Å². The molecule has 0 aliphatic carbocycles. The maximum atomic E-state index is 14.2. The smallest absolute Gasteiger partial charge is 0.416 e. The molecular formula is C35H37F5N6O3. The van der Waals surface area contributed by atoms with Crippen molar-refractivity contribution >= 4 is 29.1 Å². The molecule has 2 saturated heterocycles. The van der Waals surface area contributed by atoms with Gasteiger partial charge >= 0.3 is 12.2 Å². The lowest BCUT2D eigenvalue weighted by Gasteiger charge is -2.38. The fraction of sp³-hybridized carbons (Fsp3) is 0.400. The summed E-state index contributed by atoms with van der Waals surface area (Å²) in [5.41, 5.74) is 0.107. The summed E-state index contributed by atoms with van der Waals surface area (Å²) in [5.74, 6) is -2.09. The fourth-order valence-corrected chi connectivity index (χ4v) is 6.58. The molecule has 9 nitrogen and oxygen atoms in total. The number of carbonyl (C=O) groups excluding carboxylic acids is 2. The van der Waals surface area contributed by atoms with Gasteiger partial charge in [-0.1, -0.05) is 24.3 Å². The van der Waals surface area contributed by atoms with Gasteiger partial charge in [0.2, 0.25) is 0 Å². The quantitative estimate of drug-likeness (QED) is 0.276. The molecule has 14 heteroatoms. The van der Waals surface area contributed by atoms with E-state index in [1.54, 1.807) is 29.2 Å². The zero-order valence-corrected chi connectivity index (χ0v) is 26.7. The molecule has 3 aliphatic rings. The van der Waals surface area contributed by atoms with Crippen molar-refractivity contribution in [2.75, 3.05) is 54.8 Å². The van der Waals surface area contributed by atoms with Gasteiger partial charge in [0, 0.05) is 39.3 Å². The first-order chi connectivity index (χ1) is 23.5. The highest BCUT2D eigenvalue weighted by Gasteiger charge is 2.42. The van der Waals surface area contributed by atoms with Gasteiger partial charge in [-0.15, -0.1) is 0 Å². The van der Waals surface area contributed by atoms with E-state index < -0.39 is 41.5 Å². The Balaban J connectivity index is 1.08. The highest BCUT2D eigenvalue weighted by atomic mass is 19.4. The fourth-order valence-electron chi connectivity index (χ4n) is 6.58. The van der Waals surface area contributed by atoms with E-state index in [1.807, 2.05) is 15.9 Å². The molecule has 2 fully saturated rings. The molecule has 0 radical (unpaired) electrons. The summed E-state index contributed by atoms with van der Waals surface area (Å²) in [6, 6.07) is 15.0. The molecular weight excluding hydrogens is 647 g/mol. The van der Waals surface area contributed by atoms with Gasteiger partial charge in [-0.25, -0.2) is 18.6 Å². The highest BCUT2D eigenvalue weighted by Crippen LogP contribution is 2.38. The van der Waals surface area contributed by atoms with Crippen molar-refractivity contribution < 1.29 is 36.3 Å². The molecule has 3 aromatic rings. The minimum Gasteiger partial charge on any atom is -0.469 e. The second kappa shape index (κ2) is 14.8. The maximum absolute atomic E-state index is 14.2. The molecule has 4 heterocycles. The third-order valence-corrected chi connectivity index (χ3v) is 9.15. The van der Waals surface area contributed by atoms with Crippen LogP contribution in [0.3, 0.4) is 0 Å². The van der Waals surface area contributed by atoms with E-state index in [2.05, 4.69) is 15.6 Å². The molecule has 3 amide bonds. The number of piperazine rings is 1. The van der Waals surface area contributed by atoms with Crippen LogP contribution in [0.5, 0.6) is 0 Å². The van der Waals surface area contributed by atoms with Crippen molar-refractivity contribution in [2.45, 2.75) is 50.4 Å². The van der Waals surface area contributed by atoms with E-state index in [-0.39, 0.29) is 36.0 Å². The number of pyridine rings is 1. The van der Waals surface area contributed by atoms with Crippen molar-refractivity contribution in [2.24, 2.45) is 0 Å². The lowest BCUT2D eigenvalue weighted by atomic mass is 9.90. The molecule has 0 saturated carbocycles. The van der Waals surface area contributed by atoms with Crippen molar-refractivity contribution in [3.05, 3.63) is 95.4 Å². The Labute approximate surface area is 280 Å². The number of amides is 3. The molecule has 6 rings (SSSR count). The highest BCUT2D eigenvalue weighted by molar-refractivity contribution is 6.03. The third kappa shape index (κ3) is 8.30. The van der Waals surface area contributed by atoms with E-state index in [4.69, 9.17) is 4.74 Å². The third-order valence-electron chi connectivity index (χ3n) is 9.15. The second-order valence-electron chi connectivity index (χ2n) is 12.4. The van der Waals surface area contributed by atoms with Crippen molar-refractivity contribution in [3.8, 4) is 0 Å². The predicted molar refractivity (Wildman–Crippen MR) is 174 cm³/mol. The number of piperidine rings is 1. The summed E-state index contributed by atoms with van der Waals surface area (Å²) in [5, 5.41) is 5.10. The topological polar surface area (TPSA) is 90.0 Å². The van der Waals surface area contributed by atoms with Crippen LogP contribution in [0.2, 0.25) is 0 Å². The Hall–Kier alpha value is -4.72. The minimum absolute atomic E-state index is 0.0109. The molecule has 0 bridgehead atoms. The molecule has 2 aromatic carbocycles. The number of halogens is 5. The van der Waals surface area contributed by atoms with Crippen LogP contribution in [0.4, 0.5) is 43.9 Å². The number of para-hydroxylation sites is 1. The Bertz CT molecular complexity index is 1680. The second-order valence-corrected chi connectivity index (χ2v) is 12.4. The van der Waals surface area contributed by atoms with Crippen LogP contribution in [0.1, 0.15) is 43.6 Å². The van der Waals surface area contributed by atoms with Gasteiger partial charge < -0.3 is 25.2 Å². The zero-order valence-electron chi connectivity index (χ0n) is 26.7. The van der Waals surface area contributed by atoms with Gasteiger partial charge in [-0.2, -0.15) is 13.2 Å². The summed E-state index contributed by atoms with van der Waals surface area (Å²) in [6.45, 7) is 2.65. The average Bonchev–Trinajstić information content (AvgIpc) is 3.34. The van der Waals surface area contributed by atoms with E-state index in [1.165, 1.54) is 36.5 Å². The lowest BCUT2D eigenvalue weighted by molar-refractivity contribution is -0.125. The van der Waals surface area contributed by atoms with Crippen LogP contribution in [0, 0.1) is 11.6 Å². The van der Waals surface area contributed by atoms with Crippen molar-refractivity contribution in [3.63, 3.8) is 0 Å². The van der Waals surface area contributed by atoms with Crippen LogP contribution in [-0.4, -0.2) is 78.4 Å². The Morgan fingerprint density at radius 3 is 2.39 bits per heavy atom. The minimum atomic E-state index is -4.76. The number of aromatic nitrogens is 1. The van der Waals surface area contributed by atoms with E-state index in [0.717, 1.165) is 18.4 Å². The maximum Gasteiger partial charge on any atom is 0.416 e. The first-order valence-electron chi connectivity index (χ1n) is 16.3. The molecule has 1 aromatic heterocycles. The van der Waals surface area contributed by atoms with Crippen LogP contribution in [-0.2, 0) is 9.53 Å². The predicted octanol–water partition coefficient (Wildman–Crippen LogP) is 6.88. The van der Waals surface area contributed by atoms with Crippen molar-refractivity contribution in [1.29, 1.82) is 0 Å². The van der Waals surface area contributed by atoms with Crippen molar-refractivity contribution in [1.82, 2.24) is 14.8 Å². The van der Waals surface area contributed by atoms with E-state index in [9.17, 15) is 31.5 Å². The molecule has 3 aliphatic heterocycles. The first kappa shape index (κ1) is 34.2. The number of rotatable bonds is 6. The normalized spacial score (nSPS) is 20.8. The molecule has 2 N–H and O–H groups in total. The van der Waals surface area contributed by atoms with Gasteiger partial charge in [0.15, 0.2) is 12.0 Å². The summed E-state index contributed by atoms with van der Waals surface area (Å²) >= 11 is 0. The number of carbonyl (C=O) groups is 2. The number of anilines is 3. The summed E-state index contributed by atoms with van der Waals surface area (Å²) in [7, 11) is 0. The average molecular weight is 685 g/mol. The number of alkyl halides is 3. The molecule has 2 atom stereocenters. The molecule has 0 spiro atoms. The SMILES string of the molecule is O=C(Nc1ccc(N2CCN(C(=O)Nc3ccccc3F)CC2)nc1)C1=C(C(F)(F)F)CCC[C@H](N2CCCC(c3cccc(F)c3)C2)O1. The van der Waals surface area contributed by atoms with Crippen LogP contribution in [0.15, 0.2) is 78.2 Å². The Morgan fingerprint density at radius 2 is 1.67 bits per heavy atom. The standard InChI is InChI=1S/C35H37F5N6O3/c36-25-8-3-6-23(20-25)24-7-5-15-46(22-24)31-12-4-9-27(35(38,39)40)32(49-31)33(47)42-26-13-14-30(41-21-26)44-16-18-45(19-17-44)34(48)43-29-11-2-1-10-28(29)37/h1-3,6,8,10-11,13-14,20-21,24,31H,4-5,7,9,12,15-19,22H2,(H,42,47)(H,43,48)/t24?,31-/m1/s1. The van der Waals surface area contributed by atoms with Crippen LogP contribution < -0.4 is 15.5 Å². The van der Waals surface area contributed by atoms with Gasteiger partial charge in [0.25, 0.3) is 5.91 Å². The summed E-state index contributed by atoms with van der Waals surface area (Å²) < 4.78 is 76.4. The first-order valence-corrected chi connectivity index (χ1v) is 16.3. The number of hydrogen-bond donors (Lipinski definition) is 2. The van der Waals surface area contributed by atoms with Gasteiger partial charge in [-0.3, -0.25) is 9.69 Å². The number of ether oxygens (including phenoxy) is 1. The van der Waals surface area contributed by atoms with Gasteiger partial charge in [0.05, 0.1) is 23.1 Å². The number of likely N-dealkylation sites (tertiary alicyclic amines) is 1. The number of nitrogens with one attached hydrogen (secondary N) is 2. The lowest BCUT2D eigenvalue weighted by Crippen LogP contribution is -2.50. The largest absolute Gasteiger partial charge is 0.469 e. The number of hydrogen-bond acceptors (Lipinski definition) is 6. The molecule has 1 unspecified atom stereocenters. The number of allylic oxidation sites excluding steroid dienone is 1. The van der Waals surface area contributed by atoms with E-state index >= 15 is 0 Å². The number of nitrogens with zero attached hydrogens (tertiary/aromatic N) is 4. The summed E-state index contributed by atoms with van der Waals surface area (Å²) in [4.78, 5) is 35.9. The summed E-state index contributed by atoms with van der Waals surface area (Å²) in [6.07, 6.45) is -2.44. The monoisotopic (exact) mass is 684 g/mol. The Morgan fingerprint density at radius 1 is 0.878 bits per heavy atom. The molecule has 49 heavy (non-hydrogen) atoms. The van der Waals surface area contributed by atoms with E-state index in [0.29, 0.717) is 51.5 Å². The zero-order chi connectivity index (χ0) is 34.5. The number of benzene rings is 2. The van der Waals surface area contributed by atoms with Crippen LogP contribution >= 0.6 is 0 Å². The Kier molecular flexibility index (Phi) is 10.3. The van der Waals surface area contributed by atoms with Gasteiger partial charge in [-0.05, 0) is 80.0 Å². The number of urea groups is 1. The molecule has 260 valence electrons.